The van der Waals surface area contributed by atoms with Gasteiger partial charge >= 0.3 is 0 Å². The van der Waals surface area contributed by atoms with E-state index < -0.39 is 0 Å². The Morgan fingerprint density at radius 3 is 2.50 bits per heavy atom. The van der Waals surface area contributed by atoms with Crippen molar-refractivity contribution in [1.82, 2.24) is 9.55 Å². The first-order valence-electron chi connectivity index (χ1n) is 10.4. The molecular weight excluding hydrogens is 372 g/mol. The van der Waals surface area contributed by atoms with E-state index in [1.54, 1.807) is 0 Å². The summed E-state index contributed by atoms with van der Waals surface area (Å²) in [5, 5.41) is 0.706. The number of fused-ring (bicyclic) bond motifs is 3. The van der Waals surface area contributed by atoms with E-state index in [-0.39, 0.29) is 11.5 Å². The smallest absolute Gasteiger partial charge is 0.280 e. The second-order valence-corrected chi connectivity index (χ2v) is 8.05. The minimum atomic E-state index is -0.122. The van der Waals surface area contributed by atoms with Gasteiger partial charge in [0.25, 0.3) is 5.56 Å². The predicted molar refractivity (Wildman–Crippen MR) is 119 cm³/mol. The first-order chi connectivity index (χ1) is 14.7. The van der Waals surface area contributed by atoms with Gasteiger partial charge < -0.3 is 9.30 Å². The van der Waals surface area contributed by atoms with E-state index in [2.05, 4.69) is 52.9 Å². The summed E-state index contributed by atoms with van der Waals surface area (Å²) in [6.45, 7) is 3.56. The lowest BCUT2D eigenvalue weighted by atomic mass is 9.97. The fourth-order valence-corrected chi connectivity index (χ4v) is 4.25. The summed E-state index contributed by atoms with van der Waals surface area (Å²) in [7, 11) is 0. The Kier molecular flexibility index (Phi) is 4.83. The highest BCUT2D eigenvalue weighted by Crippen LogP contribution is 2.31. The second-order valence-electron chi connectivity index (χ2n) is 8.05. The van der Waals surface area contributed by atoms with Gasteiger partial charge in [-0.05, 0) is 55.2 Å². The molecule has 0 amide bonds. The van der Waals surface area contributed by atoms with Crippen LogP contribution in [0.5, 0.6) is 5.75 Å². The summed E-state index contributed by atoms with van der Waals surface area (Å²) in [5.74, 6) is 2.05. The molecule has 0 saturated carbocycles. The van der Waals surface area contributed by atoms with Crippen molar-refractivity contribution < 1.29 is 4.74 Å². The van der Waals surface area contributed by atoms with Crippen LogP contribution in [0.1, 0.15) is 34.9 Å². The number of nitrogens with zero attached hydrogens (tertiary/aromatic N) is 2. The average Bonchev–Trinajstić information content (AvgIpc) is 3.17. The number of benzene rings is 3. The molecule has 30 heavy (non-hydrogen) atoms. The molecule has 4 aromatic rings. The van der Waals surface area contributed by atoms with Gasteiger partial charge in [-0.15, -0.1) is 0 Å². The van der Waals surface area contributed by atoms with Crippen LogP contribution in [0.4, 0.5) is 0 Å². The molecule has 0 aliphatic carbocycles. The molecule has 0 spiro atoms. The SMILES string of the molecule is Cc1ccc(COc2ccc(CC3CCn4c3nc(=O)c3ccccc34)cc2)cc1. The number of hydrogen-bond donors (Lipinski definition) is 0. The Labute approximate surface area is 175 Å². The summed E-state index contributed by atoms with van der Waals surface area (Å²) < 4.78 is 8.13. The molecule has 4 nitrogen and oxygen atoms in total. The van der Waals surface area contributed by atoms with Crippen LogP contribution >= 0.6 is 0 Å². The van der Waals surface area contributed by atoms with E-state index in [0.29, 0.717) is 12.0 Å². The van der Waals surface area contributed by atoms with Crippen molar-refractivity contribution in [3.05, 3.63) is 106 Å². The highest BCUT2D eigenvalue weighted by Gasteiger charge is 2.26. The molecule has 1 aromatic heterocycles. The van der Waals surface area contributed by atoms with Crippen LogP contribution in [0.2, 0.25) is 0 Å². The van der Waals surface area contributed by atoms with Gasteiger partial charge in [0.2, 0.25) is 0 Å². The lowest BCUT2D eigenvalue weighted by Crippen LogP contribution is -2.16. The molecule has 0 saturated heterocycles. The maximum Gasteiger partial charge on any atom is 0.280 e. The van der Waals surface area contributed by atoms with Gasteiger partial charge in [-0.3, -0.25) is 4.79 Å². The van der Waals surface area contributed by atoms with Crippen LogP contribution in [0, 0.1) is 6.92 Å². The van der Waals surface area contributed by atoms with Gasteiger partial charge in [0.15, 0.2) is 0 Å². The summed E-state index contributed by atoms with van der Waals surface area (Å²) >= 11 is 0. The lowest BCUT2D eigenvalue weighted by molar-refractivity contribution is 0.306. The third-order valence-corrected chi connectivity index (χ3v) is 5.92. The number of ether oxygens (including phenoxy) is 1. The Morgan fingerprint density at radius 2 is 1.70 bits per heavy atom. The van der Waals surface area contributed by atoms with Gasteiger partial charge in [-0.25, -0.2) is 0 Å². The quantitative estimate of drug-likeness (QED) is 0.476. The predicted octanol–water partition coefficient (Wildman–Crippen LogP) is 5.01. The fourth-order valence-electron chi connectivity index (χ4n) is 4.25. The van der Waals surface area contributed by atoms with Crippen molar-refractivity contribution in [3.8, 4) is 5.75 Å². The largest absolute Gasteiger partial charge is 0.489 e. The number of rotatable bonds is 5. The topological polar surface area (TPSA) is 44.1 Å². The molecule has 0 bridgehead atoms. The van der Waals surface area contributed by atoms with E-state index in [1.807, 2.05) is 36.4 Å². The third kappa shape index (κ3) is 3.61. The molecule has 0 N–H and O–H groups in total. The van der Waals surface area contributed by atoms with Gasteiger partial charge in [0.1, 0.15) is 18.2 Å². The maximum absolute atomic E-state index is 12.4. The van der Waals surface area contributed by atoms with Gasteiger partial charge in [0.05, 0.1) is 10.9 Å². The van der Waals surface area contributed by atoms with Gasteiger partial charge in [0, 0.05) is 12.5 Å². The molecule has 3 aromatic carbocycles. The minimum absolute atomic E-state index is 0.122. The van der Waals surface area contributed by atoms with Crippen molar-refractivity contribution in [2.45, 2.75) is 38.8 Å². The first-order valence-corrected chi connectivity index (χ1v) is 10.4. The van der Waals surface area contributed by atoms with Crippen LogP contribution in [0.3, 0.4) is 0 Å². The van der Waals surface area contributed by atoms with E-state index in [4.69, 9.17) is 4.74 Å². The van der Waals surface area contributed by atoms with Crippen LogP contribution in [-0.4, -0.2) is 9.55 Å². The summed E-state index contributed by atoms with van der Waals surface area (Å²) in [6, 6.07) is 24.4. The van der Waals surface area contributed by atoms with Crippen molar-refractivity contribution >= 4 is 10.9 Å². The number of hydrogen-bond acceptors (Lipinski definition) is 3. The van der Waals surface area contributed by atoms with E-state index in [1.165, 1.54) is 11.1 Å². The highest BCUT2D eigenvalue weighted by atomic mass is 16.5. The fraction of sp³-hybridized carbons (Fsp3) is 0.231. The molecule has 1 atom stereocenters. The third-order valence-electron chi connectivity index (χ3n) is 5.92. The van der Waals surface area contributed by atoms with Crippen LogP contribution in [0.15, 0.2) is 77.6 Å². The lowest BCUT2D eigenvalue weighted by Gasteiger charge is -2.12. The van der Waals surface area contributed by atoms with Crippen molar-refractivity contribution in [1.29, 1.82) is 0 Å². The van der Waals surface area contributed by atoms with Gasteiger partial charge in [-0.1, -0.05) is 54.1 Å². The van der Waals surface area contributed by atoms with Crippen LogP contribution < -0.4 is 10.3 Å². The molecule has 0 fully saturated rings. The first kappa shape index (κ1) is 18.6. The number of para-hydroxylation sites is 1. The van der Waals surface area contributed by atoms with Gasteiger partial charge in [-0.2, -0.15) is 4.98 Å². The van der Waals surface area contributed by atoms with Crippen molar-refractivity contribution in [2.24, 2.45) is 0 Å². The Bertz CT molecular complexity index is 1240. The second kappa shape index (κ2) is 7.79. The van der Waals surface area contributed by atoms with Crippen LogP contribution in [-0.2, 0) is 19.6 Å². The zero-order valence-corrected chi connectivity index (χ0v) is 17.0. The highest BCUT2D eigenvalue weighted by molar-refractivity contribution is 5.78. The molecule has 4 heteroatoms. The summed E-state index contributed by atoms with van der Waals surface area (Å²) in [4.78, 5) is 16.9. The molecule has 0 radical (unpaired) electrons. The number of aryl methyl sites for hydroxylation is 2. The maximum atomic E-state index is 12.4. The van der Waals surface area contributed by atoms with Crippen molar-refractivity contribution in [3.63, 3.8) is 0 Å². The molecule has 1 aliphatic heterocycles. The van der Waals surface area contributed by atoms with E-state index >= 15 is 0 Å². The minimum Gasteiger partial charge on any atom is -0.489 e. The summed E-state index contributed by atoms with van der Waals surface area (Å²) in [6.07, 6.45) is 1.88. The normalized spacial score (nSPS) is 15.3. The summed E-state index contributed by atoms with van der Waals surface area (Å²) in [5.41, 5.74) is 4.52. The monoisotopic (exact) mass is 396 g/mol. The van der Waals surface area contributed by atoms with E-state index in [9.17, 15) is 4.79 Å². The van der Waals surface area contributed by atoms with Crippen molar-refractivity contribution in [2.75, 3.05) is 0 Å². The molecular formula is C26H24N2O2. The van der Waals surface area contributed by atoms with Crippen LogP contribution in [0.25, 0.3) is 10.9 Å². The standard InChI is InChI=1S/C26H24N2O2/c1-18-6-8-20(9-7-18)17-30-22-12-10-19(11-13-22)16-21-14-15-28-24-5-3-2-4-23(24)26(29)27-25(21)28/h2-13,21H,14-17H2,1H3. The Hall–Kier alpha value is -3.40. The molecule has 5 rings (SSSR count). The molecule has 1 unspecified atom stereocenters. The zero-order valence-electron chi connectivity index (χ0n) is 17.0. The molecule has 2 heterocycles. The molecule has 150 valence electrons. The Balaban J connectivity index is 1.29. The number of aromatic nitrogens is 2. The van der Waals surface area contributed by atoms with E-state index in [0.717, 1.165) is 42.0 Å². The molecule has 1 aliphatic rings. The Morgan fingerprint density at radius 1 is 0.967 bits per heavy atom. The average molecular weight is 396 g/mol. The zero-order chi connectivity index (χ0) is 20.5.